The summed E-state index contributed by atoms with van der Waals surface area (Å²) in [7, 11) is 0. The van der Waals surface area contributed by atoms with Gasteiger partial charge in [0, 0.05) is 5.56 Å². The summed E-state index contributed by atoms with van der Waals surface area (Å²) in [4.78, 5) is 28.5. The van der Waals surface area contributed by atoms with Crippen molar-refractivity contribution in [1.82, 2.24) is 9.97 Å². The molecule has 0 fully saturated rings. The van der Waals surface area contributed by atoms with E-state index in [1.165, 1.54) is 26.9 Å². The van der Waals surface area contributed by atoms with Crippen molar-refractivity contribution in [2.75, 3.05) is 5.73 Å². The average Bonchev–Trinajstić information content (AvgIpc) is 3.21. The molecular weight excluding hydrogens is 386 g/mol. The van der Waals surface area contributed by atoms with Crippen molar-refractivity contribution < 1.29 is 0 Å². The molecule has 3 N–H and O–H groups in total. The topological polar surface area (TPSA) is 96.5 Å². The maximum Gasteiger partial charge on any atom is 0.280 e. The molecule has 2 heterocycles. The highest BCUT2D eigenvalue weighted by atomic mass is 16.1. The fourth-order valence-corrected chi connectivity index (χ4v) is 4.98. The zero-order valence-corrected chi connectivity index (χ0v) is 16.3. The Labute approximate surface area is 174 Å². The van der Waals surface area contributed by atoms with Crippen LogP contribution in [0, 0.1) is 0 Å². The van der Waals surface area contributed by atoms with Crippen LogP contribution in [0.15, 0.2) is 81.5 Å². The molecule has 6 aromatic rings. The van der Waals surface area contributed by atoms with Gasteiger partial charge in [-0.25, -0.2) is 9.98 Å². The van der Waals surface area contributed by atoms with E-state index < -0.39 is 6.17 Å². The van der Waals surface area contributed by atoms with Gasteiger partial charge >= 0.3 is 0 Å². The first-order valence-electron chi connectivity index (χ1n) is 10.1. The van der Waals surface area contributed by atoms with Gasteiger partial charge in [-0.15, -0.1) is 0 Å². The van der Waals surface area contributed by atoms with Crippen molar-refractivity contribution in [1.29, 1.82) is 0 Å². The van der Waals surface area contributed by atoms with E-state index in [-0.39, 0.29) is 16.9 Å². The zero-order valence-electron chi connectivity index (χ0n) is 16.3. The Morgan fingerprint density at radius 2 is 1.48 bits per heavy atom. The highest BCUT2D eigenvalue weighted by Crippen LogP contribution is 2.43. The molecule has 7 rings (SSSR count). The third-order valence-electron chi connectivity index (χ3n) is 6.22. The summed E-state index contributed by atoms with van der Waals surface area (Å²) in [5, 5.41) is 9.58. The second kappa shape index (κ2) is 5.64. The Kier molecular flexibility index (Phi) is 3.00. The molecule has 1 aliphatic heterocycles. The second-order valence-electron chi connectivity index (χ2n) is 7.89. The largest absolute Gasteiger partial charge is 0.369 e. The van der Waals surface area contributed by atoms with Crippen molar-refractivity contribution in [2.45, 2.75) is 6.17 Å². The number of H-pyrrole nitrogens is 1. The van der Waals surface area contributed by atoms with Gasteiger partial charge in [-0.2, -0.15) is 4.98 Å². The summed E-state index contributed by atoms with van der Waals surface area (Å²) < 4.78 is 0. The number of nitrogens with one attached hydrogen (secondary N) is 1. The third kappa shape index (κ3) is 2.11. The van der Waals surface area contributed by atoms with Gasteiger partial charge in [0.05, 0.1) is 0 Å². The Bertz CT molecular complexity index is 1870. The van der Waals surface area contributed by atoms with Crippen LogP contribution in [0.3, 0.4) is 0 Å². The number of nitrogens with two attached hydrogens (primary N) is 1. The summed E-state index contributed by atoms with van der Waals surface area (Å²) in [5.74, 6) is 0.0450. The molecule has 6 heteroatoms. The lowest BCUT2D eigenvalue weighted by molar-refractivity contribution is 0.781. The summed E-state index contributed by atoms with van der Waals surface area (Å²) in [5.41, 5.74) is 6.64. The molecule has 0 aliphatic carbocycles. The molecule has 6 nitrogen and oxygen atoms in total. The molecule has 0 spiro atoms. The van der Waals surface area contributed by atoms with Gasteiger partial charge in [0.15, 0.2) is 17.0 Å². The molecule has 1 aromatic heterocycles. The summed E-state index contributed by atoms with van der Waals surface area (Å²) >= 11 is 0. The molecule has 31 heavy (non-hydrogen) atoms. The first-order chi connectivity index (χ1) is 15.2. The predicted octanol–water partition coefficient (Wildman–Crippen LogP) is 3.35. The summed E-state index contributed by atoms with van der Waals surface area (Å²) in [6.07, 6.45) is -0.556. The lowest BCUT2D eigenvalue weighted by Gasteiger charge is -2.18. The van der Waals surface area contributed by atoms with Crippen molar-refractivity contribution >= 4 is 49.0 Å². The van der Waals surface area contributed by atoms with Crippen LogP contribution in [0.2, 0.25) is 0 Å². The van der Waals surface area contributed by atoms with Crippen molar-refractivity contribution in [3.05, 3.63) is 93.5 Å². The number of rotatable bonds is 1. The van der Waals surface area contributed by atoms with Gasteiger partial charge in [0.2, 0.25) is 5.95 Å². The van der Waals surface area contributed by atoms with E-state index in [9.17, 15) is 4.79 Å². The van der Waals surface area contributed by atoms with Crippen molar-refractivity contribution in [3.8, 4) is 0 Å². The molecule has 1 unspecified atom stereocenters. The summed E-state index contributed by atoms with van der Waals surface area (Å²) in [6.45, 7) is 0. The van der Waals surface area contributed by atoms with Crippen molar-refractivity contribution in [3.63, 3.8) is 0 Å². The van der Waals surface area contributed by atoms with Crippen LogP contribution in [0.1, 0.15) is 11.7 Å². The number of anilines is 1. The first kappa shape index (κ1) is 16.5. The summed E-state index contributed by atoms with van der Waals surface area (Å²) in [6, 6.07) is 23.3. The van der Waals surface area contributed by atoms with E-state index in [0.29, 0.717) is 5.49 Å². The third-order valence-corrected chi connectivity index (χ3v) is 6.22. The van der Waals surface area contributed by atoms with Crippen LogP contribution in [-0.4, -0.2) is 9.97 Å². The number of nitrogens with zero attached hydrogens (tertiary/aromatic N) is 3. The molecule has 0 saturated carbocycles. The molecule has 146 valence electrons. The molecule has 0 amide bonds. The number of aromatic amines is 1. The number of aromatic nitrogens is 2. The molecule has 0 radical (unpaired) electrons. The number of benzene rings is 5. The van der Waals surface area contributed by atoms with Gasteiger partial charge in [-0.1, -0.05) is 66.7 Å². The van der Waals surface area contributed by atoms with Crippen LogP contribution in [0.4, 0.5) is 5.95 Å². The smallest absolute Gasteiger partial charge is 0.280 e. The van der Waals surface area contributed by atoms with Gasteiger partial charge in [0.1, 0.15) is 0 Å². The lowest BCUT2D eigenvalue weighted by atomic mass is 9.87. The van der Waals surface area contributed by atoms with E-state index in [2.05, 4.69) is 69.6 Å². The van der Waals surface area contributed by atoms with Crippen LogP contribution < -0.4 is 22.1 Å². The standard InChI is InChI=1S/C25H15N5O/c26-25-29-23-21(24(31)30-25)27-22(28-23)20-15-7-2-1-6-14(15)16-10-8-12-4-3-5-13-9-11-17(20)19(16)18(12)13/h1-11,22H,(H3,26,28,29,30,31). The Morgan fingerprint density at radius 3 is 2.29 bits per heavy atom. The van der Waals surface area contributed by atoms with E-state index in [1.807, 2.05) is 12.1 Å². The van der Waals surface area contributed by atoms with E-state index >= 15 is 0 Å². The van der Waals surface area contributed by atoms with Crippen molar-refractivity contribution in [2.24, 2.45) is 9.98 Å². The Balaban J connectivity index is 1.71. The average molecular weight is 401 g/mol. The monoisotopic (exact) mass is 401 g/mol. The van der Waals surface area contributed by atoms with Crippen LogP contribution in [0.5, 0.6) is 0 Å². The van der Waals surface area contributed by atoms with E-state index in [1.54, 1.807) is 0 Å². The molecular formula is C25H15N5O. The van der Waals surface area contributed by atoms with Crippen LogP contribution >= 0.6 is 0 Å². The minimum atomic E-state index is -0.556. The quantitative estimate of drug-likeness (QED) is 0.327. The van der Waals surface area contributed by atoms with E-state index in [0.717, 1.165) is 21.7 Å². The molecule has 1 aliphatic rings. The fourth-order valence-electron chi connectivity index (χ4n) is 4.98. The maximum atomic E-state index is 12.4. The van der Waals surface area contributed by atoms with Gasteiger partial charge in [0.25, 0.3) is 5.56 Å². The molecule has 5 aromatic carbocycles. The van der Waals surface area contributed by atoms with Gasteiger partial charge in [-0.3, -0.25) is 9.78 Å². The van der Waals surface area contributed by atoms with Crippen LogP contribution in [-0.2, 0) is 0 Å². The SMILES string of the molecule is Nc1nc2c(c(=O)[nH]1)=NC(c1c3ccccc3c3ccc4cccc5ccc1c3c54)N=2. The van der Waals surface area contributed by atoms with Gasteiger partial charge < -0.3 is 5.73 Å². The number of hydrogen-bond donors (Lipinski definition) is 2. The number of fused-ring (bicyclic) bond motifs is 3. The number of nitrogen functional groups attached to an aromatic ring is 1. The van der Waals surface area contributed by atoms with E-state index in [4.69, 9.17) is 10.7 Å². The van der Waals surface area contributed by atoms with Crippen LogP contribution in [0.25, 0.3) is 43.1 Å². The minimum absolute atomic E-state index is 0.0450. The molecule has 0 saturated heterocycles. The second-order valence-corrected chi connectivity index (χ2v) is 7.89. The highest BCUT2D eigenvalue weighted by molar-refractivity contribution is 6.30. The Hall–Kier alpha value is -4.32. The predicted molar refractivity (Wildman–Crippen MR) is 122 cm³/mol. The molecule has 1 atom stereocenters. The lowest BCUT2D eigenvalue weighted by Crippen LogP contribution is -2.41. The zero-order chi connectivity index (χ0) is 20.7. The Morgan fingerprint density at radius 1 is 0.742 bits per heavy atom. The molecule has 0 bridgehead atoms. The first-order valence-corrected chi connectivity index (χ1v) is 10.1. The maximum absolute atomic E-state index is 12.4. The van der Waals surface area contributed by atoms with Gasteiger partial charge in [-0.05, 0) is 43.1 Å². The number of hydrogen-bond acceptors (Lipinski definition) is 5. The fraction of sp³-hybridized carbons (Fsp3) is 0.0400. The normalized spacial score (nSPS) is 15.5. The highest BCUT2D eigenvalue weighted by Gasteiger charge is 2.23. The minimum Gasteiger partial charge on any atom is -0.369 e.